The first kappa shape index (κ1) is 17.5. The molecule has 1 aromatic rings. The molecular formula is C19H28N2O2. The highest BCUT2D eigenvalue weighted by Crippen LogP contribution is 2.23. The van der Waals surface area contributed by atoms with Crippen molar-refractivity contribution in [1.82, 2.24) is 4.90 Å². The zero-order valence-corrected chi connectivity index (χ0v) is 14.4. The summed E-state index contributed by atoms with van der Waals surface area (Å²) in [6.45, 7) is 5.73. The maximum atomic E-state index is 12.3. The van der Waals surface area contributed by atoms with Gasteiger partial charge in [-0.15, -0.1) is 0 Å². The van der Waals surface area contributed by atoms with E-state index in [0.717, 1.165) is 55.6 Å². The van der Waals surface area contributed by atoms with E-state index in [1.807, 2.05) is 23.1 Å². The molecule has 0 saturated carbocycles. The molecule has 1 heterocycles. The molecule has 0 unspecified atom stereocenters. The smallest absolute Gasteiger partial charge is 0.233 e. The summed E-state index contributed by atoms with van der Waals surface area (Å²) in [6.07, 6.45) is 6.13. The molecule has 2 rings (SSSR count). The van der Waals surface area contributed by atoms with Crippen molar-refractivity contribution in [2.45, 2.75) is 58.8 Å². The molecule has 1 aromatic carbocycles. The van der Waals surface area contributed by atoms with E-state index in [1.165, 1.54) is 12.8 Å². The maximum Gasteiger partial charge on any atom is 0.233 e. The average Bonchev–Trinajstić information content (AvgIpc) is 2.84. The molecule has 23 heavy (non-hydrogen) atoms. The van der Waals surface area contributed by atoms with Gasteiger partial charge < -0.3 is 10.2 Å². The summed E-state index contributed by atoms with van der Waals surface area (Å²) in [6, 6.07) is 6.09. The van der Waals surface area contributed by atoms with Gasteiger partial charge in [0.05, 0.1) is 0 Å². The van der Waals surface area contributed by atoms with Crippen LogP contribution in [0.25, 0.3) is 0 Å². The van der Waals surface area contributed by atoms with Crippen LogP contribution in [0.5, 0.6) is 0 Å². The molecular weight excluding hydrogens is 288 g/mol. The second-order valence-electron chi connectivity index (χ2n) is 6.18. The number of carbonyl (C=O) groups excluding carboxylic acids is 2. The van der Waals surface area contributed by atoms with E-state index in [2.05, 4.69) is 19.2 Å². The van der Waals surface area contributed by atoms with Crippen LogP contribution in [-0.4, -0.2) is 29.8 Å². The fourth-order valence-corrected chi connectivity index (χ4v) is 3.16. The number of para-hydroxylation sites is 1. The lowest BCUT2D eigenvalue weighted by molar-refractivity contribution is -0.134. The summed E-state index contributed by atoms with van der Waals surface area (Å²) in [7, 11) is 0. The first-order chi connectivity index (χ1) is 11.2. The zero-order valence-electron chi connectivity index (χ0n) is 14.4. The van der Waals surface area contributed by atoms with Crippen LogP contribution < -0.4 is 5.32 Å². The molecule has 0 aliphatic carbocycles. The number of amides is 2. The zero-order chi connectivity index (χ0) is 16.7. The maximum absolute atomic E-state index is 12.3. The Balaban J connectivity index is 2.00. The minimum atomic E-state index is -0.199. The van der Waals surface area contributed by atoms with Crippen LogP contribution in [0.15, 0.2) is 18.2 Å². The molecule has 0 spiro atoms. The van der Waals surface area contributed by atoms with Gasteiger partial charge in [0.2, 0.25) is 11.8 Å². The fourth-order valence-electron chi connectivity index (χ4n) is 3.16. The largest absolute Gasteiger partial charge is 0.342 e. The van der Waals surface area contributed by atoms with Crippen molar-refractivity contribution < 1.29 is 9.59 Å². The van der Waals surface area contributed by atoms with Gasteiger partial charge in [0, 0.05) is 18.8 Å². The summed E-state index contributed by atoms with van der Waals surface area (Å²) in [5.74, 6) is -0.244. The number of hydrogen-bond acceptors (Lipinski definition) is 2. The number of rotatable bonds is 5. The van der Waals surface area contributed by atoms with Gasteiger partial charge in [0.25, 0.3) is 0 Å². The third-order valence-electron chi connectivity index (χ3n) is 4.53. The minimum Gasteiger partial charge on any atom is -0.342 e. The van der Waals surface area contributed by atoms with Crippen molar-refractivity contribution in [3.8, 4) is 0 Å². The second-order valence-corrected chi connectivity index (χ2v) is 6.18. The molecule has 4 heteroatoms. The summed E-state index contributed by atoms with van der Waals surface area (Å²) >= 11 is 0. The highest BCUT2D eigenvalue weighted by atomic mass is 16.2. The van der Waals surface area contributed by atoms with Crippen molar-refractivity contribution in [3.05, 3.63) is 29.3 Å². The monoisotopic (exact) mass is 316 g/mol. The third kappa shape index (κ3) is 4.81. The molecule has 1 saturated heterocycles. The summed E-state index contributed by atoms with van der Waals surface area (Å²) in [5.41, 5.74) is 3.14. The van der Waals surface area contributed by atoms with Crippen molar-refractivity contribution in [2.75, 3.05) is 18.4 Å². The predicted octanol–water partition coefficient (Wildman–Crippen LogP) is 3.54. The lowest BCUT2D eigenvalue weighted by atomic mass is 10.0. The van der Waals surface area contributed by atoms with E-state index in [4.69, 9.17) is 0 Å². The van der Waals surface area contributed by atoms with Crippen molar-refractivity contribution in [1.29, 1.82) is 0 Å². The number of carbonyl (C=O) groups is 2. The SMILES string of the molecule is CCc1cccc(CC)c1NC(=O)CC(=O)N1CCCCCC1. The Morgan fingerprint density at radius 2 is 1.57 bits per heavy atom. The first-order valence-corrected chi connectivity index (χ1v) is 8.84. The quantitative estimate of drug-likeness (QED) is 0.845. The van der Waals surface area contributed by atoms with Gasteiger partial charge in [-0.25, -0.2) is 0 Å². The third-order valence-corrected chi connectivity index (χ3v) is 4.53. The van der Waals surface area contributed by atoms with Gasteiger partial charge in [-0.05, 0) is 36.8 Å². The Hall–Kier alpha value is -1.84. The van der Waals surface area contributed by atoms with Gasteiger partial charge in [-0.2, -0.15) is 0 Å². The summed E-state index contributed by atoms with van der Waals surface area (Å²) < 4.78 is 0. The Morgan fingerprint density at radius 3 is 2.09 bits per heavy atom. The number of aryl methyl sites for hydroxylation is 2. The number of likely N-dealkylation sites (tertiary alicyclic amines) is 1. The molecule has 0 bridgehead atoms. The van der Waals surface area contributed by atoms with Crippen LogP contribution in [0, 0.1) is 0 Å². The summed E-state index contributed by atoms with van der Waals surface area (Å²) in [4.78, 5) is 26.5. The van der Waals surface area contributed by atoms with E-state index >= 15 is 0 Å². The Kier molecular flexibility index (Phi) is 6.63. The number of anilines is 1. The van der Waals surface area contributed by atoms with Crippen LogP contribution in [-0.2, 0) is 22.4 Å². The van der Waals surface area contributed by atoms with Gasteiger partial charge in [-0.1, -0.05) is 44.9 Å². The molecule has 1 aliphatic heterocycles. The van der Waals surface area contributed by atoms with E-state index in [1.54, 1.807) is 0 Å². The second kappa shape index (κ2) is 8.70. The molecule has 0 aromatic heterocycles. The van der Waals surface area contributed by atoms with E-state index < -0.39 is 0 Å². The molecule has 2 amide bonds. The van der Waals surface area contributed by atoms with Gasteiger partial charge >= 0.3 is 0 Å². The standard InChI is InChI=1S/C19H28N2O2/c1-3-15-10-9-11-16(4-2)19(15)20-17(22)14-18(23)21-12-7-5-6-8-13-21/h9-11H,3-8,12-14H2,1-2H3,(H,20,22). The Morgan fingerprint density at radius 1 is 1.00 bits per heavy atom. The normalized spacial score (nSPS) is 15.1. The molecule has 1 fully saturated rings. The van der Waals surface area contributed by atoms with Gasteiger partial charge in [-0.3, -0.25) is 9.59 Å². The van der Waals surface area contributed by atoms with Gasteiger partial charge in [0.1, 0.15) is 6.42 Å². The Labute approximate surface area is 139 Å². The van der Waals surface area contributed by atoms with E-state index in [9.17, 15) is 9.59 Å². The fraction of sp³-hybridized carbons (Fsp3) is 0.579. The molecule has 4 nitrogen and oxygen atoms in total. The first-order valence-electron chi connectivity index (χ1n) is 8.84. The van der Waals surface area contributed by atoms with Crippen LogP contribution in [0.2, 0.25) is 0 Å². The van der Waals surface area contributed by atoms with E-state index in [0.29, 0.717) is 0 Å². The van der Waals surface area contributed by atoms with Crippen molar-refractivity contribution >= 4 is 17.5 Å². The van der Waals surface area contributed by atoms with Gasteiger partial charge in [0.15, 0.2) is 0 Å². The highest BCUT2D eigenvalue weighted by molar-refractivity contribution is 6.04. The topological polar surface area (TPSA) is 49.4 Å². The average molecular weight is 316 g/mol. The number of nitrogens with zero attached hydrogens (tertiary/aromatic N) is 1. The van der Waals surface area contributed by atoms with Crippen LogP contribution in [0.3, 0.4) is 0 Å². The molecule has 1 aliphatic rings. The highest BCUT2D eigenvalue weighted by Gasteiger charge is 2.19. The van der Waals surface area contributed by atoms with Crippen molar-refractivity contribution in [3.63, 3.8) is 0 Å². The summed E-state index contributed by atoms with van der Waals surface area (Å²) in [5, 5.41) is 2.98. The number of nitrogens with one attached hydrogen (secondary N) is 1. The van der Waals surface area contributed by atoms with E-state index in [-0.39, 0.29) is 18.2 Å². The number of hydrogen-bond donors (Lipinski definition) is 1. The molecule has 0 atom stereocenters. The molecule has 1 N–H and O–H groups in total. The molecule has 0 radical (unpaired) electrons. The predicted molar refractivity (Wildman–Crippen MR) is 93.5 cm³/mol. The molecule has 126 valence electrons. The number of benzene rings is 1. The lowest BCUT2D eigenvalue weighted by Crippen LogP contribution is -2.34. The van der Waals surface area contributed by atoms with Crippen LogP contribution in [0.4, 0.5) is 5.69 Å². The minimum absolute atomic E-state index is 0.0450. The lowest BCUT2D eigenvalue weighted by Gasteiger charge is -2.20. The van der Waals surface area contributed by atoms with Crippen LogP contribution >= 0.6 is 0 Å². The Bertz CT molecular complexity index is 524. The van der Waals surface area contributed by atoms with Crippen molar-refractivity contribution in [2.24, 2.45) is 0 Å². The van der Waals surface area contributed by atoms with Crippen LogP contribution in [0.1, 0.15) is 57.1 Å².